The van der Waals surface area contributed by atoms with E-state index in [1.54, 1.807) is 0 Å². The van der Waals surface area contributed by atoms with E-state index < -0.39 is 61.7 Å². The highest BCUT2D eigenvalue weighted by Crippen LogP contribution is 2.39. The first kappa shape index (κ1) is 24.8. The lowest BCUT2D eigenvalue weighted by molar-refractivity contribution is -0.384. The molecule has 0 aromatic heterocycles. The van der Waals surface area contributed by atoms with Crippen LogP contribution in [0, 0.1) is 21.4 Å². The minimum absolute atomic E-state index is 0.191. The Hall–Kier alpha value is -3.48. The Morgan fingerprint density at radius 3 is 2.34 bits per heavy atom. The monoisotopic (exact) mass is 467 g/mol. The highest BCUT2D eigenvalue weighted by Gasteiger charge is 2.59. The summed E-state index contributed by atoms with van der Waals surface area (Å²) in [5.74, 6) is -4.49. The summed E-state index contributed by atoms with van der Waals surface area (Å²) in [6, 6.07) is 3.17. The van der Waals surface area contributed by atoms with E-state index in [9.17, 15) is 38.0 Å². The average Bonchev–Trinajstić information content (AvgIpc) is 2.64. The van der Waals surface area contributed by atoms with Gasteiger partial charge in [-0.25, -0.2) is 17.9 Å². The summed E-state index contributed by atoms with van der Waals surface area (Å²) < 4.78 is 25.5. The zero-order valence-corrected chi connectivity index (χ0v) is 18.1. The van der Waals surface area contributed by atoms with Crippen LogP contribution in [0.1, 0.15) is 19.4 Å². The van der Waals surface area contributed by atoms with Crippen molar-refractivity contribution in [1.29, 1.82) is 0 Å². The number of nitrogens with zero attached hydrogens (tertiary/aromatic N) is 3. The number of sulfonamides is 1. The number of carbonyl (C=O) groups is 3. The molecule has 0 unspecified atom stereocenters. The normalized spacial score (nSPS) is 20.7. The zero-order valence-electron chi connectivity index (χ0n) is 17.3. The molecule has 0 spiro atoms. The van der Waals surface area contributed by atoms with Crippen molar-refractivity contribution >= 4 is 39.1 Å². The molecule has 1 fully saturated rings. The van der Waals surface area contributed by atoms with Crippen molar-refractivity contribution in [3.05, 3.63) is 45.5 Å². The van der Waals surface area contributed by atoms with Gasteiger partial charge in [0.05, 0.1) is 28.6 Å². The molecule has 1 heterocycles. The number of nitrogens with one attached hydrogen (secondary N) is 2. The van der Waals surface area contributed by atoms with Gasteiger partial charge in [-0.15, -0.1) is 0 Å². The first-order valence-corrected chi connectivity index (χ1v) is 11.1. The molecule has 1 saturated heterocycles. The van der Waals surface area contributed by atoms with Gasteiger partial charge in [-0.3, -0.25) is 19.7 Å². The van der Waals surface area contributed by atoms with Crippen LogP contribution in [0.25, 0.3) is 5.53 Å². The van der Waals surface area contributed by atoms with Crippen LogP contribution in [0.15, 0.2) is 24.3 Å². The van der Waals surface area contributed by atoms with Crippen LogP contribution < -0.4 is 10.0 Å². The fourth-order valence-electron chi connectivity index (χ4n) is 3.82. The van der Waals surface area contributed by atoms with E-state index >= 15 is 0 Å². The molecule has 4 atom stereocenters. The number of hydrogen-bond acceptors (Lipinski definition) is 7. The molecule has 1 aromatic rings. The lowest BCUT2D eigenvalue weighted by Crippen LogP contribution is -2.72. The predicted octanol–water partition coefficient (Wildman–Crippen LogP) is -0.480. The van der Waals surface area contributed by atoms with Crippen LogP contribution in [0.3, 0.4) is 0 Å². The maximum absolute atomic E-state index is 13.1. The number of nitro benzene ring substituents is 1. The second-order valence-corrected chi connectivity index (χ2v) is 9.57. The molecule has 1 aromatic carbocycles. The summed E-state index contributed by atoms with van der Waals surface area (Å²) in [4.78, 5) is 49.7. The van der Waals surface area contributed by atoms with Gasteiger partial charge in [-0.05, 0) is 25.8 Å². The first-order valence-electron chi connectivity index (χ1n) is 9.22. The van der Waals surface area contributed by atoms with Crippen molar-refractivity contribution in [2.45, 2.75) is 32.4 Å². The Morgan fingerprint density at radius 1 is 1.38 bits per heavy atom. The maximum atomic E-state index is 13.1. The van der Waals surface area contributed by atoms with Crippen molar-refractivity contribution < 1.29 is 37.6 Å². The minimum Gasteiger partial charge on any atom is -0.472 e. The summed E-state index contributed by atoms with van der Waals surface area (Å²) in [7, 11) is -3.70. The Balaban J connectivity index is 2.51. The Bertz CT molecular complexity index is 1130. The largest absolute Gasteiger partial charge is 0.472 e. The predicted molar refractivity (Wildman–Crippen MR) is 109 cm³/mol. The second kappa shape index (κ2) is 8.94. The molecule has 0 aliphatic carbocycles. The van der Waals surface area contributed by atoms with Crippen LogP contribution in [0.4, 0.5) is 5.69 Å². The lowest BCUT2D eigenvalue weighted by Gasteiger charge is -2.48. The molecule has 1 aliphatic heterocycles. The van der Waals surface area contributed by atoms with Gasteiger partial charge in [0.2, 0.25) is 15.9 Å². The summed E-state index contributed by atoms with van der Waals surface area (Å²) >= 11 is 0. The molecule has 3 N–H and O–H groups in total. The molecule has 1 aliphatic rings. The number of aliphatic carboxylic acids is 1. The number of nitro groups is 1. The van der Waals surface area contributed by atoms with E-state index in [1.165, 1.54) is 38.1 Å². The van der Waals surface area contributed by atoms with Crippen molar-refractivity contribution in [1.82, 2.24) is 10.0 Å². The standard InChI is InChI=1S/C18H21N5O8S/c1-9(22-32(3,30)31)12-14(20-16(12)25)18(2,15(24)13(21-19)17(26)27)8-10-4-6-11(7-5-10)23(28)29/h4-7,9,12,14,22H,8H2,1-3H3,(H,20,25)(H,26,27)/t9-,12-,14+,18-/m1/s1. The SMILES string of the molecule is C[C@@H](NS(C)(=O)=O)[C@H]1C(=O)N[C@@H]1[C@@](C)(Cc1ccc([N+](=O)[O-])cc1)C(=O)C(=[N+]=[N-])C(=O)O. The molecular formula is C18H21N5O8S. The van der Waals surface area contributed by atoms with E-state index in [-0.39, 0.29) is 12.1 Å². The third kappa shape index (κ3) is 5.04. The minimum atomic E-state index is -3.70. The molecule has 32 heavy (non-hydrogen) atoms. The van der Waals surface area contributed by atoms with Gasteiger partial charge in [0, 0.05) is 18.2 Å². The number of β-lactam (4-membered cyclic amide) rings is 1. The number of benzene rings is 1. The first-order chi connectivity index (χ1) is 14.7. The Morgan fingerprint density at radius 2 is 1.94 bits per heavy atom. The number of non-ortho nitro benzene ring substituents is 1. The summed E-state index contributed by atoms with van der Waals surface area (Å²) in [5, 5.41) is 22.7. The summed E-state index contributed by atoms with van der Waals surface area (Å²) in [6.45, 7) is 2.77. The van der Waals surface area contributed by atoms with Gasteiger partial charge in [0.25, 0.3) is 11.5 Å². The van der Waals surface area contributed by atoms with E-state index in [1.807, 2.05) is 0 Å². The number of hydrogen-bond donors (Lipinski definition) is 3. The van der Waals surface area contributed by atoms with E-state index in [0.717, 1.165) is 6.26 Å². The highest BCUT2D eigenvalue weighted by atomic mass is 32.2. The van der Waals surface area contributed by atoms with E-state index in [4.69, 9.17) is 5.53 Å². The number of carboxylic acid groups (broad SMARTS) is 1. The lowest BCUT2D eigenvalue weighted by atomic mass is 9.63. The average molecular weight is 467 g/mol. The zero-order chi connectivity index (χ0) is 24.4. The second-order valence-electron chi connectivity index (χ2n) is 7.79. The fourth-order valence-corrected chi connectivity index (χ4v) is 4.65. The third-order valence-corrected chi connectivity index (χ3v) is 6.14. The topological polar surface area (TPSA) is 209 Å². The van der Waals surface area contributed by atoms with Gasteiger partial charge in [0.15, 0.2) is 0 Å². The molecule has 13 nitrogen and oxygen atoms in total. The Kier molecular flexibility index (Phi) is 6.93. The maximum Gasteiger partial charge on any atom is 0.441 e. The highest BCUT2D eigenvalue weighted by molar-refractivity contribution is 7.88. The van der Waals surface area contributed by atoms with Crippen molar-refractivity contribution in [2.24, 2.45) is 11.3 Å². The van der Waals surface area contributed by atoms with Gasteiger partial charge < -0.3 is 16.0 Å². The smallest absolute Gasteiger partial charge is 0.441 e. The van der Waals surface area contributed by atoms with Crippen molar-refractivity contribution in [3.63, 3.8) is 0 Å². The number of carbonyl (C=O) groups excluding carboxylic acids is 2. The number of ketones is 1. The van der Waals surface area contributed by atoms with Gasteiger partial charge >= 0.3 is 11.7 Å². The van der Waals surface area contributed by atoms with E-state index in [2.05, 4.69) is 14.8 Å². The molecule has 172 valence electrons. The van der Waals surface area contributed by atoms with E-state index in [0.29, 0.717) is 5.56 Å². The van der Waals surface area contributed by atoms with Gasteiger partial charge in [0.1, 0.15) is 0 Å². The molecule has 1 amide bonds. The number of amides is 1. The van der Waals surface area contributed by atoms with Crippen LogP contribution >= 0.6 is 0 Å². The van der Waals surface area contributed by atoms with Crippen LogP contribution in [-0.4, -0.2) is 64.9 Å². The number of rotatable bonds is 10. The Labute approximate surface area is 182 Å². The molecule has 0 bridgehead atoms. The van der Waals surface area contributed by atoms with Crippen LogP contribution in [-0.2, 0) is 30.8 Å². The summed E-state index contributed by atoms with van der Waals surface area (Å²) in [6.07, 6.45) is 0.709. The van der Waals surface area contributed by atoms with Gasteiger partial charge in [-0.1, -0.05) is 12.1 Å². The molecule has 14 heteroatoms. The number of Topliss-reactive ketones (excluding diaryl/α,β-unsaturated/α-hetero) is 1. The number of carboxylic acids is 1. The fraction of sp³-hybridized carbons (Fsp3) is 0.444. The molecule has 0 saturated carbocycles. The van der Waals surface area contributed by atoms with Crippen molar-refractivity contribution in [3.8, 4) is 0 Å². The quantitative estimate of drug-likeness (QED) is 0.0776. The molecule has 2 rings (SSSR count). The van der Waals surface area contributed by atoms with Gasteiger partial charge in [-0.2, -0.15) is 4.79 Å². The van der Waals surface area contributed by atoms with Crippen LogP contribution in [0.5, 0.6) is 0 Å². The molecular weight excluding hydrogens is 446 g/mol. The third-order valence-electron chi connectivity index (χ3n) is 5.34. The molecule has 0 radical (unpaired) electrons. The van der Waals surface area contributed by atoms with Crippen molar-refractivity contribution in [2.75, 3.05) is 6.26 Å². The summed E-state index contributed by atoms with van der Waals surface area (Å²) in [5.41, 5.74) is 6.42. The van der Waals surface area contributed by atoms with Crippen LogP contribution in [0.2, 0.25) is 0 Å².